The number of aromatic nitrogens is 1. The highest BCUT2D eigenvalue weighted by Gasteiger charge is 2.15. The Morgan fingerprint density at radius 1 is 1.29 bits per heavy atom. The molecule has 0 aliphatic carbocycles. The molecule has 8 nitrogen and oxygen atoms in total. The molecule has 0 saturated heterocycles. The Labute approximate surface area is 142 Å². The molecule has 2 aromatic rings. The number of thioether (sulfide) groups is 1. The van der Waals surface area contributed by atoms with Crippen LogP contribution in [-0.4, -0.2) is 35.8 Å². The molecule has 3 amide bonds. The largest absolute Gasteiger partial charge is 0.467 e. The summed E-state index contributed by atoms with van der Waals surface area (Å²) in [4.78, 5) is 39.1. The molecule has 24 heavy (non-hydrogen) atoms. The summed E-state index contributed by atoms with van der Waals surface area (Å²) in [6.45, 7) is -0.436. The van der Waals surface area contributed by atoms with Gasteiger partial charge in [0.25, 0.3) is 5.91 Å². The highest BCUT2D eigenvalue weighted by Crippen LogP contribution is 2.17. The van der Waals surface area contributed by atoms with Crippen LogP contribution in [0.3, 0.4) is 0 Å². The Kier molecular flexibility index (Phi) is 6.38. The summed E-state index contributed by atoms with van der Waals surface area (Å²) in [5, 5.41) is 4.98. The number of hydrogen-bond donors (Lipinski definition) is 2. The summed E-state index contributed by atoms with van der Waals surface area (Å²) < 4.78 is 9.91. The Morgan fingerprint density at radius 3 is 2.83 bits per heavy atom. The normalized spacial score (nSPS) is 10.0. The maximum Gasteiger partial charge on any atom is 0.341 e. The lowest BCUT2D eigenvalue weighted by atomic mass is 10.3. The highest BCUT2D eigenvalue weighted by molar-refractivity contribution is 7.98. The second kappa shape index (κ2) is 8.73. The van der Waals surface area contributed by atoms with Gasteiger partial charge in [-0.15, -0.1) is 11.8 Å². The molecule has 0 fully saturated rings. The predicted octanol–water partition coefficient (Wildman–Crippen LogP) is 1.58. The number of nitrogens with zero attached hydrogens (tertiary/aromatic N) is 1. The Bertz CT molecular complexity index is 718. The molecular formula is C15H15N3O5S. The van der Waals surface area contributed by atoms with E-state index in [4.69, 9.17) is 9.15 Å². The number of urea groups is 1. The monoisotopic (exact) mass is 349 g/mol. The average molecular weight is 349 g/mol. The van der Waals surface area contributed by atoms with Gasteiger partial charge in [-0.2, -0.15) is 0 Å². The van der Waals surface area contributed by atoms with E-state index in [9.17, 15) is 14.4 Å². The Hall–Kier alpha value is -2.81. The first-order valence-corrected chi connectivity index (χ1v) is 8.09. The van der Waals surface area contributed by atoms with Crippen molar-refractivity contribution < 1.29 is 23.5 Å². The van der Waals surface area contributed by atoms with Crippen LogP contribution in [0.2, 0.25) is 0 Å². The second-order valence-electron chi connectivity index (χ2n) is 4.45. The molecule has 9 heteroatoms. The predicted molar refractivity (Wildman–Crippen MR) is 85.4 cm³/mol. The van der Waals surface area contributed by atoms with Crippen LogP contribution in [0.1, 0.15) is 16.1 Å². The van der Waals surface area contributed by atoms with Gasteiger partial charge in [0.05, 0.1) is 18.4 Å². The minimum absolute atomic E-state index is 0.138. The number of amides is 3. The topological polar surface area (TPSA) is 111 Å². The number of esters is 1. The zero-order valence-electron chi connectivity index (χ0n) is 12.8. The molecule has 2 heterocycles. The number of furan rings is 1. The van der Waals surface area contributed by atoms with E-state index in [0.29, 0.717) is 10.8 Å². The van der Waals surface area contributed by atoms with Crippen molar-refractivity contribution in [3.05, 3.63) is 48.0 Å². The molecule has 0 bridgehead atoms. The summed E-state index contributed by atoms with van der Waals surface area (Å²) >= 11 is 1.29. The van der Waals surface area contributed by atoms with E-state index in [2.05, 4.69) is 10.3 Å². The van der Waals surface area contributed by atoms with E-state index >= 15 is 0 Å². The van der Waals surface area contributed by atoms with Gasteiger partial charge in [0.2, 0.25) is 0 Å². The van der Waals surface area contributed by atoms with E-state index in [-0.39, 0.29) is 12.1 Å². The van der Waals surface area contributed by atoms with Gasteiger partial charge in [-0.3, -0.25) is 10.1 Å². The van der Waals surface area contributed by atoms with E-state index in [1.807, 2.05) is 5.32 Å². The molecule has 2 aromatic heterocycles. The summed E-state index contributed by atoms with van der Waals surface area (Å²) in [5.41, 5.74) is 0.264. The van der Waals surface area contributed by atoms with Gasteiger partial charge in [0.1, 0.15) is 10.8 Å². The SMILES string of the molecule is CSc1ncccc1C(=O)OCC(=O)NC(=O)NCc1ccco1. The van der Waals surface area contributed by atoms with Gasteiger partial charge in [0.15, 0.2) is 6.61 Å². The van der Waals surface area contributed by atoms with E-state index in [0.717, 1.165) is 0 Å². The number of rotatable bonds is 6. The number of ether oxygens (including phenoxy) is 1. The number of pyridine rings is 1. The molecule has 126 valence electrons. The molecule has 2 rings (SSSR count). The second-order valence-corrected chi connectivity index (χ2v) is 5.24. The summed E-state index contributed by atoms with van der Waals surface area (Å²) in [6, 6.07) is 5.80. The number of carbonyl (C=O) groups excluding carboxylic acids is 3. The van der Waals surface area contributed by atoms with Crippen LogP contribution in [0.4, 0.5) is 4.79 Å². The standard InChI is InChI=1S/C15H15N3O5S/c1-24-13-11(5-2-6-16-13)14(20)23-9-12(19)18-15(21)17-8-10-4-3-7-22-10/h2-7H,8-9H2,1H3,(H2,17,18,19,21). The molecule has 2 N–H and O–H groups in total. The Balaban J connectivity index is 1.76. The third-order valence-electron chi connectivity index (χ3n) is 2.78. The fourth-order valence-corrected chi connectivity index (χ4v) is 2.24. The van der Waals surface area contributed by atoms with Crippen molar-refractivity contribution in [1.82, 2.24) is 15.6 Å². The van der Waals surface area contributed by atoms with Gasteiger partial charge >= 0.3 is 12.0 Å². The van der Waals surface area contributed by atoms with E-state index in [1.54, 1.807) is 36.7 Å². The van der Waals surface area contributed by atoms with Crippen molar-refractivity contribution >= 4 is 29.7 Å². The van der Waals surface area contributed by atoms with Crippen LogP contribution < -0.4 is 10.6 Å². The summed E-state index contributed by atoms with van der Waals surface area (Å²) in [5.74, 6) is -0.876. The van der Waals surface area contributed by atoms with Crippen LogP contribution in [0.25, 0.3) is 0 Å². The maximum atomic E-state index is 11.9. The summed E-state index contributed by atoms with van der Waals surface area (Å²) in [7, 11) is 0. The van der Waals surface area contributed by atoms with Gasteiger partial charge in [-0.05, 0) is 30.5 Å². The van der Waals surface area contributed by atoms with Crippen LogP contribution in [-0.2, 0) is 16.1 Å². The highest BCUT2D eigenvalue weighted by atomic mass is 32.2. The number of hydrogen-bond acceptors (Lipinski definition) is 7. The van der Waals surface area contributed by atoms with E-state index < -0.39 is 24.5 Å². The first-order chi connectivity index (χ1) is 11.6. The smallest absolute Gasteiger partial charge is 0.341 e. The molecule has 0 atom stereocenters. The molecule has 0 saturated carbocycles. The van der Waals surface area contributed by atoms with Gasteiger partial charge < -0.3 is 14.5 Å². The van der Waals surface area contributed by atoms with Crippen LogP contribution in [0.5, 0.6) is 0 Å². The molecule has 0 aliphatic heterocycles. The molecule has 0 radical (unpaired) electrons. The fraction of sp³-hybridized carbons (Fsp3) is 0.200. The minimum atomic E-state index is -0.741. The van der Waals surface area contributed by atoms with Crippen molar-refractivity contribution in [1.29, 1.82) is 0 Å². The van der Waals surface area contributed by atoms with Crippen LogP contribution in [0, 0.1) is 0 Å². The van der Waals surface area contributed by atoms with Crippen LogP contribution in [0.15, 0.2) is 46.2 Å². The van der Waals surface area contributed by atoms with Gasteiger partial charge in [0, 0.05) is 6.20 Å². The fourth-order valence-electron chi connectivity index (χ4n) is 1.71. The van der Waals surface area contributed by atoms with Crippen LogP contribution >= 0.6 is 11.8 Å². The lowest BCUT2D eigenvalue weighted by Gasteiger charge is -2.08. The third kappa shape index (κ3) is 5.13. The van der Waals surface area contributed by atoms with Gasteiger partial charge in [-0.1, -0.05) is 0 Å². The van der Waals surface area contributed by atoms with Crippen molar-refractivity contribution in [2.45, 2.75) is 11.6 Å². The number of nitrogens with one attached hydrogen (secondary N) is 2. The first kappa shape index (κ1) is 17.5. The Morgan fingerprint density at radius 2 is 2.12 bits per heavy atom. The third-order valence-corrected chi connectivity index (χ3v) is 3.49. The summed E-state index contributed by atoms with van der Waals surface area (Å²) in [6.07, 6.45) is 4.80. The first-order valence-electron chi connectivity index (χ1n) is 6.86. The average Bonchev–Trinajstić information content (AvgIpc) is 3.11. The lowest BCUT2D eigenvalue weighted by molar-refractivity contribution is -0.123. The quantitative estimate of drug-likeness (QED) is 0.601. The molecular weight excluding hydrogens is 334 g/mol. The maximum absolute atomic E-state index is 11.9. The molecule has 0 unspecified atom stereocenters. The van der Waals surface area contributed by atoms with E-state index in [1.165, 1.54) is 18.0 Å². The van der Waals surface area contributed by atoms with Crippen molar-refractivity contribution in [2.24, 2.45) is 0 Å². The van der Waals surface area contributed by atoms with Crippen molar-refractivity contribution in [2.75, 3.05) is 12.9 Å². The lowest BCUT2D eigenvalue weighted by Crippen LogP contribution is -2.41. The minimum Gasteiger partial charge on any atom is -0.467 e. The van der Waals surface area contributed by atoms with Crippen molar-refractivity contribution in [3.8, 4) is 0 Å². The molecule has 0 spiro atoms. The zero-order chi connectivity index (χ0) is 17.4. The van der Waals surface area contributed by atoms with Gasteiger partial charge in [-0.25, -0.2) is 14.6 Å². The zero-order valence-corrected chi connectivity index (χ0v) is 13.6. The molecule has 0 aliphatic rings. The molecule has 0 aromatic carbocycles. The number of carbonyl (C=O) groups is 3. The number of imide groups is 1. The van der Waals surface area contributed by atoms with Crippen molar-refractivity contribution in [3.63, 3.8) is 0 Å².